The van der Waals surface area contributed by atoms with Crippen molar-refractivity contribution in [3.8, 4) is 0 Å². The summed E-state index contributed by atoms with van der Waals surface area (Å²) in [6.45, 7) is 11.6. The minimum atomic E-state index is -0.0797. The van der Waals surface area contributed by atoms with Crippen LogP contribution in [-0.2, 0) is 5.41 Å². The molecule has 4 heteroatoms. The van der Waals surface area contributed by atoms with Crippen molar-refractivity contribution >= 4 is 22.8 Å². The van der Waals surface area contributed by atoms with Gasteiger partial charge in [-0.3, -0.25) is 4.79 Å². The van der Waals surface area contributed by atoms with Crippen LogP contribution >= 0.6 is 11.3 Å². The first-order valence-electron chi connectivity index (χ1n) is 5.93. The van der Waals surface area contributed by atoms with E-state index in [0.29, 0.717) is 5.92 Å². The van der Waals surface area contributed by atoms with Crippen LogP contribution in [0.15, 0.2) is 0 Å². The summed E-state index contributed by atoms with van der Waals surface area (Å²) in [6, 6.07) is 0. The van der Waals surface area contributed by atoms with Crippen molar-refractivity contribution in [2.45, 2.75) is 40.0 Å². The number of anilines is 1. The number of thiazole rings is 1. The highest BCUT2D eigenvalue weighted by Gasteiger charge is 2.24. The van der Waals surface area contributed by atoms with E-state index in [2.05, 4.69) is 44.5 Å². The SMILES string of the molecule is CC(C)CN(C)c1nc(C(C)(C)C)c(C=O)s1. The smallest absolute Gasteiger partial charge is 0.185 e. The fraction of sp³-hybridized carbons (Fsp3) is 0.692. The zero-order valence-electron chi connectivity index (χ0n) is 11.6. The van der Waals surface area contributed by atoms with Crippen LogP contribution in [0.2, 0.25) is 0 Å². The predicted molar refractivity (Wildman–Crippen MR) is 74.3 cm³/mol. The van der Waals surface area contributed by atoms with Gasteiger partial charge in [0.15, 0.2) is 11.4 Å². The zero-order chi connectivity index (χ0) is 13.2. The van der Waals surface area contributed by atoms with Gasteiger partial charge in [0.05, 0.1) is 10.6 Å². The van der Waals surface area contributed by atoms with Gasteiger partial charge < -0.3 is 4.90 Å². The van der Waals surface area contributed by atoms with E-state index in [1.165, 1.54) is 11.3 Å². The topological polar surface area (TPSA) is 33.2 Å². The maximum Gasteiger partial charge on any atom is 0.185 e. The molecule has 17 heavy (non-hydrogen) atoms. The fourth-order valence-corrected chi connectivity index (χ4v) is 2.79. The van der Waals surface area contributed by atoms with Crippen LogP contribution in [0.3, 0.4) is 0 Å². The van der Waals surface area contributed by atoms with Gasteiger partial charge >= 0.3 is 0 Å². The third kappa shape index (κ3) is 3.53. The fourth-order valence-electron chi connectivity index (χ4n) is 1.73. The van der Waals surface area contributed by atoms with E-state index >= 15 is 0 Å². The van der Waals surface area contributed by atoms with Crippen molar-refractivity contribution in [1.82, 2.24) is 4.98 Å². The lowest BCUT2D eigenvalue weighted by molar-refractivity contribution is 0.112. The van der Waals surface area contributed by atoms with Gasteiger partial charge in [0.25, 0.3) is 0 Å². The second kappa shape index (κ2) is 5.17. The lowest BCUT2D eigenvalue weighted by Gasteiger charge is -2.19. The molecule has 0 saturated carbocycles. The average Bonchev–Trinajstić information content (AvgIpc) is 2.59. The van der Waals surface area contributed by atoms with E-state index in [4.69, 9.17) is 0 Å². The van der Waals surface area contributed by atoms with Gasteiger partial charge in [-0.05, 0) is 5.92 Å². The summed E-state index contributed by atoms with van der Waals surface area (Å²) in [6.07, 6.45) is 0.922. The first-order valence-corrected chi connectivity index (χ1v) is 6.75. The van der Waals surface area contributed by atoms with Crippen LogP contribution in [-0.4, -0.2) is 24.9 Å². The van der Waals surface area contributed by atoms with E-state index in [1.807, 2.05) is 7.05 Å². The van der Waals surface area contributed by atoms with Gasteiger partial charge in [-0.2, -0.15) is 0 Å². The van der Waals surface area contributed by atoms with E-state index in [-0.39, 0.29) is 5.41 Å². The van der Waals surface area contributed by atoms with Gasteiger partial charge in [0.2, 0.25) is 0 Å². The molecule has 0 atom stereocenters. The quantitative estimate of drug-likeness (QED) is 0.773. The summed E-state index contributed by atoms with van der Waals surface area (Å²) in [5.74, 6) is 0.585. The Hall–Kier alpha value is -0.900. The molecule has 0 bridgehead atoms. The third-order valence-corrected chi connectivity index (χ3v) is 3.52. The van der Waals surface area contributed by atoms with Crippen molar-refractivity contribution in [1.29, 1.82) is 0 Å². The predicted octanol–water partition coefficient (Wildman–Crippen LogP) is 3.35. The molecule has 1 aromatic heterocycles. The van der Waals surface area contributed by atoms with Crippen molar-refractivity contribution < 1.29 is 4.79 Å². The molecule has 0 amide bonds. The molecule has 3 nitrogen and oxygen atoms in total. The van der Waals surface area contributed by atoms with E-state index < -0.39 is 0 Å². The molecule has 0 aliphatic rings. The number of carbonyl (C=O) groups excluding carboxylic acids is 1. The highest BCUT2D eigenvalue weighted by Crippen LogP contribution is 2.32. The second-order valence-corrected chi connectivity index (χ2v) is 6.86. The normalized spacial score (nSPS) is 11.9. The minimum absolute atomic E-state index is 0.0797. The van der Waals surface area contributed by atoms with Gasteiger partial charge in [0, 0.05) is 19.0 Å². The standard InChI is InChI=1S/C13H22N2OS/c1-9(2)7-15(6)12-14-11(13(3,4)5)10(8-16)17-12/h8-9H,7H2,1-6H3. The Bertz CT molecular complexity index is 391. The molecule has 0 aliphatic heterocycles. The molecule has 1 heterocycles. The van der Waals surface area contributed by atoms with Crippen LogP contribution < -0.4 is 4.90 Å². The van der Waals surface area contributed by atoms with Crippen LogP contribution in [0.1, 0.15) is 50.0 Å². The molecular weight excluding hydrogens is 232 g/mol. The third-order valence-electron chi connectivity index (χ3n) is 2.43. The Labute approximate surface area is 108 Å². The lowest BCUT2D eigenvalue weighted by atomic mass is 9.91. The molecular formula is C13H22N2OS. The summed E-state index contributed by atoms with van der Waals surface area (Å²) in [4.78, 5) is 18.6. The number of hydrogen-bond donors (Lipinski definition) is 0. The van der Waals surface area contributed by atoms with Gasteiger partial charge in [0.1, 0.15) is 0 Å². The number of hydrogen-bond acceptors (Lipinski definition) is 4. The molecule has 0 spiro atoms. The molecule has 0 N–H and O–H groups in total. The Morgan fingerprint density at radius 2 is 2.00 bits per heavy atom. The highest BCUT2D eigenvalue weighted by molar-refractivity contribution is 7.17. The Kier molecular flexibility index (Phi) is 4.31. The molecule has 0 unspecified atom stereocenters. The summed E-state index contributed by atoms with van der Waals surface area (Å²) in [5, 5.41) is 0.936. The molecule has 0 aliphatic carbocycles. The molecule has 1 rings (SSSR count). The summed E-state index contributed by atoms with van der Waals surface area (Å²) in [7, 11) is 2.03. The molecule has 96 valence electrons. The van der Waals surface area contributed by atoms with E-state index in [9.17, 15) is 4.79 Å². The van der Waals surface area contributed by atoms with Gasteiger partial charge in [-0.15, -0.1) is 0 Å². The van der Waals surface area contributed by atoms with Crippen molar-refractivity contribution in [3.63, 3.8) is 0 Å². The molecule has 1 aromatic rings. The Morgan fingerprint density at radius 1 is 1.41 bits per heavy atom. The first kappa shape index (κ1) is 14.2. The monoisotopic (exact) mass is 254 g/mol. The van der Waals surface area contributed by atoms with Gasteiger partial charge in [-0.1, -0.05) is 46.0 Å². The largest absolute Gasteiger partial charge is 0.351 e. The van der Waals surface area contributed by atoms with Crippen molar-refractivity contribution in [2.24, 2.45) is 5.92 Å². The minimum Gasteiger partial charge on any atom is -0.351 e. The molecule has 0 radical (unpaired) electrons. The van der Waals surface area contributed by atoms with E-state index in [0.717, 1.165) is 28.5 Å². The number of rotatable bonds is 4. The average molecular weight is 254 g/mol. The van der Waals surface area contributed by atoms with Crippen LogP contribution in [0.25, 0.3) is 0 Å². The van der Waals surface area contributed by atoms with Crippen molar-refractivity contribution in [3.05, 3.63) is 10.6 Å². The van der Waals surface area contributed by atoms with Gasteiger partial charge in [-0.25, -0.2) is 4.98 Å². The lowest BCUT2D eigenvalue weighted by Crippen LogP contribution is -2.22. The summed E-state index contributed by atoms with van der Waals surface area (Å²) < 4.78 is 0. The van der Waals surface area contributed by atoms with Crippen LogP contribution in [0, 0.1) is 5.92 Å². The number of aldehydes is 1. The maximum atomic E-state index is 11.1. The molecule has 0 saturated heterocycles. The van der Waals surface area contributed by atoms with Crippen molar-refractivity contribution in [2.75, 3.05) is 18.5 Å². The first-order chi connectivity index (χ1) is 7.75. The highest BCUT2D eigenvalue weighted by atomic mass is 32.1. The number of aromatic nitrogens is 1. The summed E-state index contributed by atoms with van der Waals surface area (Å²) >= 11 is 1.48. The number of carbonyl (C=O) groups is 1. The second-order valence-electron chi connectivity index (χ2n) is 5.85. The van der Waals surface area contributed by atoms with Crippen LogP contribution in [0.4, 0.5) is 5.13 Å². The Morgan fingerprint density at radius 3 is 2.35 bits per heavy atom. The van der Waals surface area contributed by atoms with E-state index in [1.54, 1.807) is 0 Å². The molecule has 0 aromatic carbocycles. The summed E-state index contributed by atoms with van der Waals surface area (Å²) in [5.41, 5.74) is 0.826. The zero-order valence-corrected chi connectivity index (χ0v) is 12.4. The molecule has 0 fully saturated rings. The van der Waals surface area contributed by atoms with Crippen LogP contribution in [0.5, 0.6) is 0 Å². The Balaban J connectivity index is 3.04. The maximum absolute atomic E-state index is 11.1. The number of nitrogens with zero attached hydrogens (tertiary/aromatic N) is 2.